The van der Waals surface area contributed by atoms with Gasteiger partial charge in [0, 0.05) is 0 Å². The van der Waals surface area contributed by atoms with Gasteiger partial charge in [-0.1, -0.05) is 0 Å². The molecule has 0 bridgehead atoms. The molecule has 0 aromatic carbocycles. The van der Waals surface area contributed by atoms with Crippen LogP contribution in [0.4, 0.5) is 0 Å². The van der Waals surface area contributed by atoms with Crippen molar-refractivity contribution in [3.05, 3.63) is 0 Å². The van der Waals surface area contributed by atoms with Gasteiger partial charge in [0.1, 0.15) is 5.25 Å². The second-order valence-corrected chi connectivity index (χ2v) is 3.01. The van der Waals surface area contributed by atoms with Crippen LogP contribution in [0.15, 0.2) is 0 Å². The average Bonchev–Trinajstić information content (AvgIpc) is 1.62. The first-order valence-corrected chi connectivity index (χ1v) is 3.32. The van der Waals surface area contributed by atoms with Crippen LogP contribution in [0.2, 0.25) is 0 Å². The molecule has 0 aromatic heterocycles. The molecule has 0 fully saturated rings. The first kappa shape index (κ1) is 7.58. The van der Waals surface area contributed by atoms with Crippen molar-refractivity contribution in [2.24, 2.45) is 0 Å². The van der Waals surface area contributed by atoms with E-state index in [0.717, 1.165) is 13.2 Å². The highest BCUT2D eigenvalue weighted by Gasteiger charge is 2.15. The molecule has 0 amide bonds. The van der Waals surface area contributed by atoms with Gasteiger partial charge in [-0.15, -0.1) is 0 Å². The van der Waals surface area contributed by atoms with Crippen molar-refractivity contribution in [1.82, 2.24) is 0 Å². The summed E-state index contributed by atoms with van der Waals surface area (Å²) in [6, 6.07) is 0. The van der Waals surface area contributed by atoms with E-state index >= 15 is 0 Å². The molecule has 0 saturated carbocycles. The van der Waals surface area contributed by atoms with Gasteiger partial charge in [0.2, 0.25) is 6.29 Å². The summed E-state index contributed by atoms with van der Waals surface area (Å²) >= 11 is 0. The molecule has 1 radical (unpaired) electrons. The molecule has 1 N–H and O–H groups in total. The first-order chi connectivity index (χ1) is 3.48. The molecule has 0 aliphatic carbocycles. The molecule has 0 rings (SSSR count). The molecule has 4 nitrogen and oxygen atoms in total. The molecule has 47 valence electrons. The summed E-state index contributed by atoms with van der Waals surface area (Å²) in [6.45, 7) is 1.04. The summed E-state index contributed by atoms with van der Waals surface area (Å²) in [5.74, 6) is 0. The molecule has 8 heavy (non-hydrogen) atoms. The normalized spacial score (nSPS) is 15.2. The molecule has 1 atom stereocenters. The third kappa shape index (κ3) is 2.04. The van der Waals surface area contributed by atoms with E-state index in [1.165, 1.54) is 0 Å². The maximum atomic E-state index is 9.86. The van der Waals surface area contributed by atoms with Crippen molar-refractivity contribution in [2.75, 3.05) is 0 Å². The van der Waals surface area contributed by atoms with Crippen LogP contribution in [0.25, 0.3) is 0 Å². The zero-order valence-electron chi connectivity index (χ0n) is 4.16. The number of carbonyl (C=O) groups excluding carboxylic acids is 1. The highest BCUT2D eigenvalue weighted by Crippen LogP contribution is 1.90. The molecule has 0 heterocycles. The quantitative estimate of drug-likeness (QED) is 0.514. The van der Waals surface area contributed by atoms with Gasteiger partial charge < -0.3 is 0 Å². The Bertz CT molecular complexity index is 168. The van der Waals surface area contributed by atoms with Gasteiger partial charge in [-0.25, -0.2) is 0 Å². The Morgan fingerprint density at radius 2 is 2.00 bits per heavy atom. The van der Waals surface area contributed by atoms with Crippen LogP contribution in [0.1, 0.15) is 6.92 Å². The molecular weight excluding hydrogens is 132 g/mol. The van der Waals surface area contributed by atoms with Crippen molar-refractivity contribution in [3.8, 4) is 0 Å². The van der Waals surface area contributed by atoms with Crippen LogP contribution in [0.5, 0.6) is 0 Å². The molecule has 5 heteroatoms. The molecule has 0 aromatic rings. The minimum atomic E-state index is -4.18. The summed E-state index contributed by atoms with van der Waals surface area (Å²) in [6.07, 6.45) is 1.12. The van der Waals surface area contributed by atoms with E-state index in [1.807, 2.05) is 0 Å². The van der Waals surface area contributed by atoms with Crippen LogP contribution < -0.4 is 0 Å². The second-order valence-electron chi connectivity index (χ2n) is 1.28. The topological polar surface area (TPSA) is 71.4 Å². The van der Waals surface area contributed by atoms with Crippen LogP contribution in [-0.4, -0.2) is 24.5 Å². The summed E-state index contributed by atoms with van der Waals surface area (Å²) in [4.78, 5) is 9.49. The fourth-order valence-electron chi connectivity index (χ4n) is 0.0608. The van der Waals surface area contributed by atoms with Crippen molar-refractivity contribution >= 4 is 16.4 Å². The maximum absolute atomic E-state index is 9.86. The van der Waals surface area contributed by atoms with Crippen molar-refractivity contribution in [3.63, 3.8) is 0 Å². The van der Waals surface area contributed by atoms with Crippen LogP contribution in [0.3, 0.4) is 0 Å². The van der Waals surface area contributed by atoms with Gasteiger partial charge in [0.25, 0.3) is 10.1 Å². The van der Waals surface area contributed by atoms with E-state index in [9.17, 15) is 13.2 Å². The van der Waals surface area contributed by atoms with E-state index in [-0.39, 0.29) is 0 Å². The summed E-state index contributed by atoms with van der Waals surface area (Å²) < 4.78 is 27.7. The lowest BCUT2D eigenvalue weighted by atomic mass is 10.6. The standard InChI is InChI=1S/C3H5O4S/c1-3(2-4)8(5,6)7/h3H,1H3,(H,5,6,7). The monoisotopic (exact) mass is 137 g/mol. The van der Waals surface area contributed by atoms with Gasteiger partial charge in [0.05, 0.1) is 0 Å². The Kier molecular flexibility index (Phi) is 2.12. The van der Waals surface area contributed by atoms with Gasteiger partial charge in [-0.3, -0.25) is 9.35 Å². The van der Waals surface area contributed by atoms with Crippen molar-refractivity contribution < 1.29 is 17.8 Å². The third-order valence-corrected chi connectivity index (χ3v) is 1.60. The smallest absolute Gasteiger partial charge is 0.275 e. The fraction of sp³-hybridized carbons (Fsp3) is 0.667. The minimum absolute atomic E-state index is 1.04. The third-order valence-electron chi connectivity index (χ3n) is 0.613. The summed E-state index contributed by atoms with van der Waals surface area (Å²) in [5.41, 5.74) is 0. The highest BCUT2D eigenvalue weighted by molar-refractivity contribution is 7.87. The van der Waals surface area contributed by atoms with E-state index in [4.69, 9.17) is 4.55 Å². The molecule has 0 saturated heterocycles. The zero-order valence-corrected chi connectivity index (χ0v) is 4.97. The Morgan fingerprint density at radius 1 is 1.62 bits per heavy atom. The second kappa shape index (κ2) is 2.23. The first-order valence-electron chi connectivity index (χ1n) is 1.82. The van der Waals surface area contributed by atoms with Crippen LogP contribution in [-0.2, 0) is 14.9 Å². The number of rotatable bonds is 2. The SMILES string of the molecule is CC([C]=O)S(=O)(=O)O. The predicted molar refractivity (Wildman–Crippen MR) is 26.7 cm³/mol. The van der Waals surface area contributed by atoms with Crippen LogP contribution in [0, 0.1) is 0 Å². The van der Waals surface area contributed by atoms with Crippen LogP contribution >= 0.6 is 0 Å². The molecule has 1 unspecified atom stereocenters. The molecule has 0 aliphatic heterocycles. The van der Waals surface area contributed by atoms with Gasteiger partial charge in [0.15, 0.2) is 0 Å². The Hall–Kier alpha value is -0.420. The molecular formula is C3H5O4S. The van der Waals surface area contributed by atoms with E-state index in [2.05, 4.69) is 0 Å². The lowest BCUT2D eigenvalue weighted by molar-refractivity contribution is 0.475. The Morgan fingerprint density at radius 3 is 2.00 bits per heavy atom. The molecule has 0 aliphatic rings. The van der Waals surface area contributed by atoms with Crippen molar-refractivity contribution in [2.45, 2.75) is 12.2 Å². The molecule has 0 spiro atoms. The Labute approximate surface area is 47.3 Å². The lowest BCUT2D eigenvalue weighted by Gasteiger charge is -1.92. The summed E-state index contributed by atoms with van der Waals surface area (Å²) in [5, 5.41) is -1.43. The van der Waals surface area contributed by atoms with Gasteiger partial charge in [-0.05, 0) is 6.92 Å². The largest absolute Gasteiger partial charge is 0.289 e. The number of hydrogen-bond donors (Lipinski definition) is 1. The predicted octanol–water partition coefficient (Wildman–Crippen LogP) is -0.628. The van der Waals surface area contributed by atoms with E-state index < -0.39 is 15.4 Å². The fourth-order valence-corrected chi connectivity index (χ4v) is 0.182. The van der Waals surface area contributed by atoms with E-state index in [1.54, 1.807) is 0 Å². The maximum Gasteiger partial charge on any atom is 0.275 e. The Balaban J connectivity index is 4.26. The number of hydrogen-bond acceptors (Lipinski definition) is 3. The average molecular weight is 137 g/mol. The lowest BCUT2D eigenvalue weighted by Crippen LogP contribution is -2.17. The highest BCUT2D eigenvalue weighted by atomic mass is 32.2. The van der Waals surface area contributed by atoms with Gasteiger partial charge >= 0.3 is 0 Å². The summed E-state index contributed by atoms with van der Waals surface area (Å²) in [7, 11) is -4.18. The minimum Gasteiger partial charge on any atom is -0.289 e. The zero-order chi connectivity index (χ0) is 6.78. The van der Waals surface area contributed by atoms with E-state index in [0.29, 0.717) is 0 Å². The van der Waals surface area contributed by atoms with Gasteiger partial charge in [-0.2, -0.15) is 8.42 Å². The van der Waals surface area contributed by atoms with Crippen molar-refractivity contribution in [1.29, 1.82) is 0 Å².